The van der Waals surface area contributed by atoms with E-state index in [9.17, 15) is 14.4 Å². The van der Waals surface area contributed by atoms with Crippen LogP contribution < -0.4 is 10.6 Å². The molecule has 10 heteroatoms. The van der Waals surface area contributed by atoms with Crippen molar-refractivity contribution < 1.29 is 28.6 Å². The van der Waals surface area contributed by atoms with Gasteiger partial charge < -0.3 is 19.9 Å². The normalized spacial score (nSPS) is 12.4. The van der Waals surface area contributed by atoms with Gasteiger partial charge in [-0.1, -0.05) is 0 Å². The summed E-state index contributed by atoms with van der Waals surface area (Å²) < 4.78 is 17.3. The van der Waals surface area contributed by atoms with Gasteiger partial charge in [0, 0.05) is 5.69 Å². The molecule has 0 aliphatic heterocycles. The molecule has 2 N–H and O–H groups in total. The maximum Gasteiger partial charge on any atom is 0.427 e. The molecule has 0 bridgehead atoms. The van der Waals surface area contributed by atoms with Crippen LogP contribution in [-0.4, -0.2) is 44.6 Å². The molecule has 1 aromatic heterocycles. The van der Waals surface area contributed by atoms with Gasteiger partial charge >= 0.3 is 18.3 Å². The largest absolute Gasteiger partial charge is 0.443 e. The lowest BCUT2D eigenvalue weighted by Crippen LogP contribution is -2.45. The number of imidazole rings is 1. The van der Waals surface area contributed by atoms with Crippen molar-refractivity contribution in [2.24, 2.45) is 0 Å². The molecule has 0 atom stereocenters. The molecule has 2 amide bonds. The Labute approximate surface area is 187 Å². The Morgan fingerprint density at radius 3 is 1.75 bits per heavy atom. The Bertz CT molecular complexity index is 1010. The lowest BCUT2D eigenvalue weighted by Gasteiger charge is -2.28. The monoisotopic (exact) mass is 448 g/mol. The van der Waals surface area contributed by atoms with Crippen molar-refractivity contribution in [3.63, 3.8) is 0 Å². The standard InChI is InChI=1S/C22H32N4O6/c1-20(2,3)30-17(27)25-15-12-13(23)10-11-14(15)24-16(25)26(18(28)31-21(4,5)6)19(29)32-22(7,8)9/h10-12H,23H2,1-9H3. The van der Waals surface area contributed by atoms with Gasteiger partial charge in [-0.15, -0.1) is 4.90 Å². The molecule has 2 aromatic rings. The zero-order valence-electron chi connectivity index (χ0n) is 20.1. The first kappa shape index (κ1) is 25.0. The number of fused-ring (bicyclic) bond motifs is 1. The molecule has 176 valence electrons. The smallest absolute Gasteiger partial charge is 0.427 e. The third-order valence-corrected chi connectivity index (χ3v) is 3.59. The van der Waals surface area contributed by atoms with Crippen molar-refractivity contribution in [3.8, 4) is 0 Å². The van der Waals surface area contributed by atoms with Crippen LogP contribution in [0.4, 0.5) is 26.0 Å². The molecule has 0 aliphatic carbocycles. The third-order valence-electron chi connectivity index (χ3n) is 3.59. The van der Waals surface area contributed by atoms with E-state index in [2.05, 4.69) is 4.98 Å². The van der Waals surface area contributed by atoms with Crippen LogP contribution in [0.15, 0.2) is 18.2 Å². The van der Waals surface area contributed by atoms with Gasteiger partial charge in [0.1, 0.15) is 16.8 Å². The van der Waals surface area contributed by atoms with Crippen molar-refractivity contribution >= 4 is 40.9 Å². The average molecular weight is 449 g/mol. The van der Waals surface area contributed by atoms with Crippen molar-refractivity contribution in [2.45, 2.75) is 79.1 Å². The van der Waals surface area contributed by atoms with Gasteiger partial charge in [-0.2, -0.15) is 0 Å². The fraction of sp³-hybridized carbons (Fsp3) is 0.545. The van der Waals surface area contributed by atoms with Crippen molar-refractivity contribution in [1.29, 1.82) is 0 Å². The first-order valence-corrected chi connectivity index (χ1v) is 10.2. The molecule has 0 unspecified atom stereocenters. The molecule has 2 rings (SSSR count). The van der Waals surface area contributed by atoms with E-state index in [4.69, 9.17) is 19.9 Å². The van der Waals surface area contributed by atoms with Crippen LogP contribution in [0.5, 0.6) is 0 Å². The minimum Gasteiger partial charge on any atom is -0.443 e. The predicted octanol–water partition coefficient (Wildman–Crippen LogP) is 5.08. The molecule has 0 fully saturated rings. The van der Waals surface area contributed by atoms with E-state index < -0.39 is 35.1 Å². The second kappa shape index (κ2) is 8.33. The number of benzene rings is 1. The molecule has 0 aliphatic rings. The van der Waals surface area contributed by atoms with Crippen molar-refractivity contribution in [1.82, 2.24) is 9.55 Å². The summed E-state index contributed by atoms with van der Waals surface area (Å²) in [7, 11) is 0. The Balaban J connectivity index is 2.75. The number of aromatic nitrogens is 2. The van der Waals surface area contributed by atoms with E-state index in [1.54, 1.807) is 74.4 Å². The van der Waals surface area contributed by atoms with Crippen LogP contribution >= 0.6 is 0 Å². The van der Waals surface area contributed by atoms with Crippen LogP contribution in [0, 0.1) is 0 Å². The van der Waals surface area contributed by atoms with Crippen molar-refractivity contribution in [3.05, 3.63) is 18.2 Å². The number of nitrogens with two attached hydrogens (primary N) is 1. The number of rotatable bonds is 1. The molecule has 0 saturated heterocycles. The van der Waals surface area contributed by atoms with Crippen LogP contribution in [0.1, 0.15) is 62.3 Å². The highest BCUT2D eigenvalue weighted by atomic mass is 16.6. The van der Waals surface area contributed by atoms with E-state index in [0.717, 1.165) is 4.57 Å². The molecule has 10 nitrogen and oxygen atoms in total. The first-order chi connectivity index (χ1) is 14.4. The summed E-state index contributed by atoms with van der Waals surface area (Å²) in [6.45, 7) is 15.0. The number of amides is 2. The molecule has 0 radical (unpaired) electrons. The summed E-state index contributed by atoms with van der Waals surface area (Å²) in [4.78, 5) is 44.2. The number of hydrogen-bond donors (Lipinski definition) is 1. The maximum absolute atomic E-state index is 13.1. The highest BCUT2D eigenvalue weighted by Crippen LogP contribution is 2.28. The molecule has 0 spiro atoms. The number of carbonyl (C=O) groups excluding carboxylic acids is 3. The summed E-state index contributed by atoms with van der Waals surface area (Å²) in [5, 5.41) is 0. The number of nitrogens with zero attached hydrogens (tertiary/aromatic N) is 3. The molecule has 1 heterocycles. The van der Waals surface area contributed by atoms with Crippen LogP contribution in [-0.2, 0) is 14.2 Å². The topological polar surface area (TPSA) is 126 Å². The fourth-order valence-electron chi connectivity index (χ4n) is 2.57. The Morgan fingerprint density at radius 2 is 1.31 bits per heavy atom. The van der Waals surface area contributed by atoms with Crippen LogP contribution in [0.3, 0.4) is 0 Å². The Hall–Kier alpha value is -3.30. The first-order valence-electron chi connectivity index (χ1n) is 10.2. The van der Waals surface area contributed by atoms with Crippen LogP contribution in [0.25, 0.3) is 11.0 Å². The van der Waals surface area contributed by atoms with Gasteiger partial charge in [-0.3, -0.25) is 0 Å². The van der Waals surface area contributed by atoms with E-state index >= 15 is 0 Å². The van der Waals surface area contributed by atoms with Gasteiger partial charge in [0.05, 0.1) is 11.0 Å². The lowest BCUT2D eigenvalue weighted by molar-refractivity contribution is 0.0424. The van der Waals surface area contributed by atoms with E-state index in [-0.39, 0.29) is 11.5 Å². The van der Waals surface area contributed by atoms with Gasteiger partial charge in [0.25, 0.3) is 0 Å². The highest BCUT2D eigenvalue weighted by Gasteiger charge is 2.38. The predicted molar refractivity (Wildman–Crippen MR) is 121 cm³/mol. The third kappa shape index (κ3) is 6.35. The Kier molecular flexibility index (Phi) is 6.50. The maximum atomic E-state index is 13.1. The molecule has 32 heavy (non-hydrogen) atoms. The fourth-order valence-corrected chi connectivity index (χ4v) is 2.57. The van der Waals surface area contributed by atoms with Crippen LogP contribution in [0.2, 0.25) is 0 Å². The molecule has 0 saturated carbocycles. The molecular weight excluding hydrogens is 416 g/mol. The minimum atomic E-state index is -1.06. The summed E-state index contributed by atoms with van der Waals surface area (Å²) in [6.07, 6.45) is -2.96. The van der Waals surface area contributed by atoms with E-state index in [1.165, 1.54) is 6.07 Å². The van der Waals surface area contributed by atoms with Gasteiger partial charge in [0.2, 0.25) is 5.95 Å². The second-order valence-corrected chi connectivity index (χ2v) is 10.3. The quantitative estimate of drug-likeness (QED) is 0.473. The number of imide groups is 1. The summed E-state index contributed by atoms with van der Waals surface area (Å²) in [5.74, 6) is -0.330. The van der Waals surface area contributed by atoms with Gasteiger partial charge in [-0.05, 0) is 80.5 Å². The highest BCUT2D eigenvalue weighted by molar-refractivity contribution is 6.10. The van der Waals surface area contributed by atoms with Gasteiger partial charge in [-0.25, -0.2) is 23.9 Å². The number of anilines is 2. The zero-order chi connectivity index (χ0) is 24.6. The summed E-state index contributed by atoms with van der Waals surface area (Å²) >= 11 is 0. The number of nitrogen functional groups attached to an aromatic ring is 1. The molecular formula is C22H32N4O6. The van der Waals surface area contributed by atoms with Crippen molar-refractivity contribution in [2.75, 3.05) is 10.6 Å². The van der Waals surface area contributed by atoms with E-state index in [1.807, 2.05) is 0 Å². The van der Waals surface area contributed by atoms with Gasteiger partial charge in [0.15, 0.2) is 0 Å². The minimum absolute atomic E-state index is 0.256. The average Bonchev–Trinajstić information content (AvgIpc) is 2.87. The lowest BCUT2D eigenvalue weighted by atomic mass is 10.2. The number of carbonyl (C=O) groups is 3. The summed E-state index contributed by atoms with van der Waals surface area (Å²) in [5.41, 5.74) is 4.13. The molecule has 1 aromatic carbocycles. The second-order valence-electron chi connectivity index (χ2n) is 10.3. The SMILES string of the molecule is CC(C)(C)OC(=O)N(C(=O)OC(C)(C)C)c1nc2ccc(N)cc2n1C(=O)OC(C)(C)C. The number of ether oxygens (including phenoxy) is 3. The Morgan fingerprint density at radius 1 is 0.844 bits per heavy atom. The number of hydrogen-bond acceptors (Lipinski definition) is 8. The zero-order valence-corrected chi connectivity index (χ0v) is 20.1. The van der Waals surface area contributed by atoms with E-state index in [0.29, 0.717) is 16.1 Å². The summed E-state index contributed by atoms with van der Waals surface area (Å²) in [6, 6.07) is 4.65.